The molecular formula is C34H36N4O4. The van der Waals surface area contributed by atoms with Crippen LogP contribution in [0.5, 0.6) is 17.2 Å². The van der Waals surface area contributed by atoms with E-state index >= 15 is 0 Å². The minimum atomic E-state index is -0.394. The molecule has 8 heteroatoms. The van der Waals surface area contributed by atoms with Gasteiger partial charge in [-0.1, -0.05) is 23.8 Å². The number of hydrogen-bond donors (Lipinski definition) is 1. The number of aryl methyl sites for hydroxylation is 1. The summed E-state index contributed by atoms with van der Waals surface area (Å²) in [7, 11) is 1.61. The van der Waals surface area contributed by atoms with Gasteiger partial charge in [-0.25, -0.2) is 4.79 Å². The molecule has 0 saturated heterocycles. The largest absolute Gasteiger partial charge is 0.497 e. The third-order valence-electron chi connectivity index (χ3n) is 8.11. The average molecular weight is 565 g/mol. The van der Waals surface area contributed by atoms with Crippen LogP contribution in [0, 0.1) is 6.92 Å². The number of H-pyrrole nitrogens is 1. The first-order valence-corrected chi connectivity index (χ1v) is 14.5. The van der Waals surface area contributed by atoms with Gasteiger partial charge in [0, 0.05) is 35.6 Å². The highest BCUT2D eigenvalue weighted by molar-refractivity contribution is 6.16. The highest BCUT2D eigenvalue weighted by Crippen LogP contribution is 2.39. The Balaban J connectivity index is 1.22. The molecule has 42 heavy (non-hydrogen) atoms. The van der Waals surface area contributed by atoms with Crippen LogP contribution in [-0.2, 0) is 6.42 Å². The van der Waals surface area contributed by atoms with E-state index < -0.39 is 6.09 Å². The van der Waals surface area contributed by atoms with Crippen molar-refractivity contribution in [1.82, 2.24) is 9.88 Å². The van der Waals surface area contributed by atoms with Crippen molar-refractivity contribution in [2.45, 2.75) is 51.2 Å². The van der Waals surface area contributed by atoms with E-state index in [1.807, 2.05) is 24.3 Å². The standard InChI is InChI=1S/C34H36N4O4/c1-22-6-15-31-29(21-22)28-16-19-38(34(39)42-27-13-11-25(40-3)12-14-27)33(32(28)37-31)24-7-9-26(10-8-24)41-20-4-5-30-23(2)35-17-18-36-30/h6-15,17-18,21,23,30,33,37H,4-5,16,19-20H2,1-3H3. The molecule has 0 saturated carbocycles. The predicted molar refractivity (Wildman–Crippen MR) is 166 cm³/mol. The first kappa shape index (κ1) is 27.6. The zero-order valence-corrected chi connectivity index (χ0v) is 24.2. The lowest BCUT2D eigenvalue weighted by Crippen LogP contribution is -2.42. The van der Waals surface area contributed by atoms with Crippen molar-refractivity contribution in [3.05, 3.63) is 89.1 Å². The number of benzene rings is 3. The van der Waals surface area contributed by atoms with Crippen molar-refractivity contribution in [2.75, 3.05) is 20.3 Å². The first-order chi connectivity index (χ1) is 20.5. The number of methoxy groups -OCH3 is 1. The highest BCUT2D eigenvalue weighted by atomic mass is 16.6. The summed E-state index contributed by atoms with van der Waals surface area (Å²) < 4.78 is 17.1. The van der Waals surface area contributed by atoms with E-state index in [-0.39, 0.29) is 18.1 Å². The molecule has 1 N–H and O–H groups in total. The fourth-order valence-corrected chi connectivity index (χ4v) is 5.84. The van der Waals surface area contributed by atoms with Gasteiger partial charge >= 0.3 is 6.09 Å². The van der Waals surface area contributed by atoms with Gasteiger partial charge < -0.3 is 19.2 Å². The fraction of sp³-hybridized carbons (Fsp3) is 0.324. The maximum absolute atomic E-state index is 13.6. The molecular weight excluding hydrogens is 528 g/mol. The van der Waals surface area contributed by atoms with Gasteiger partial charge in [-0.3, -0.25) is 14.9 Å². The van der Waals surface area contributed by atoms with E-state index in [4.69, 9.17) is 14.2 Å². The van der Waals surface area contributed by atoms with Crippen molar-refractivity contribution < 1.29 is 19.0 Å². The number of hydrogen-bond acceptors (Lipinski definition) is 6. The van der Waals surface area contributed by atoms with Gasteiger partial charge in [0.1, 0.15) is 23.3 Å². The summed E-state index contributed by atoms with van der Waals surface area (Å²) in [6.07, 6.45) is 5.73. The van der Waals surface area contributed by atoms with Crippen LogP contribution in [0.4, 0.5) is 4.79 Å². The van der Waals surface area contributed by atoms with E-state index in [2.05, 4.69) is 47.0 Å². The maximum atomic E-state index is 13.6. The topological polar surface area (TPSA) is 88.5 Å². The quantitative estimate of drug-likeness (QED) is 0.241. The van der Waals surface area contributed by atoms with Crippen LogP contribution in [-0.4, -0.2) is 60.8 Å². The summed E-state index contributed by atoms with van der Waals surface area (Å²) in [5.74, 6) is 1.98. The van der Waals surface area contributed by atoms with Gasteiger partial charge in [-0.2, -0.15) is 0 Å². The average Bonchev–Trinajstić information content (AvgIpc) is 3.38. The van der Waals surface area contributed by atoms with Crippen molar-refractivity contribution in [2.24, 2.45) is 9.98 Å². The van der Waals surface area contributed by atoms with Crippen LogP contribution >= 0.6 is 0 Å². The molecule has 216 valence electrons. The number of fused-ring (bicyclic) bond motifs is 3. The fourth-order valence-electron chi connectivity index (χ4n) is 5.84. The Hall–Kier alpha value is -4.59. The molecule has 3 atom stereocenters. The summed E-state index contributed by atoms with van der Waals surface area (Å²) in [6.45, 7) is 5.35. The van der Waals surface area contributed by atoms with Crippen molar-refractivity contribution in [3.8, 4) is 17.2 Å². The van der Waals surface area contributed by atoms with Crippen LogP contribution in [0.3, 0.4) is 0 Å². The second-order valence-electron chi connectivity index (χ2n) is 10.9. The molecule has 3 aromatic carbocycles. The SMILES string of the molecule is COc1ccc(OC(=O)N2CCc3c([nH]c4ccc(C)cc34)C2c2ccc(OCCCC3N=CC=NC3C)cc2)cc1. The lowest BCUT2D eigenvalue weighted by Gasteiger charge is -2.35. The van der Waals surface area contributed by atoms with Gasteiger partial charge in [0.15, 0.2) is 0 Å². The van der Waals surface area contributed by atoms with Crippen LogP contribution in [0.25, 0.3) is 10.9 Å². The summed E-state index contributed by atoms with van der Waals surface area (Å²) in [6, 6.07) is 21.6. The number of amides is 1. The highest BCUT2D eigenvalue weighted by Gasteiger charge is 2.35. The van der Waals surface area contributed by atoms with E-state index in [0.29, 0.717) is 24.7 Å². The number of ether oxygens (including phenoxy) is 3. The zero-order chi connectivity index (χ0) is 29.1. The second-order valence-corrected chi connectivity index (χ2v) is 10.9. The molecule has 0 aliphatic carbocycles. The maximum Gasteiger partial charge on any atom is 0.416 e. The first-order valence-electron chi connectivity index (χ1n) is 14.5. The normalized spacial score (nSPS) is 19.5. The van der Waals surface area contributed by atoms with E-state index in [9.17, 15) is 4.79 Å². The molecule has 0 fully saturated rings. The smallest absolute Gasteiger partial charge is 0.416 e. The van der Waals surface area contributed by atoms with Crippen LogP contribution in [0.15, 0.2) is 76.7 Å². The third-order valence-corrected chi connectivity index (χ3v) is 8.11. The van der Waals surface area contributed by atoms with Gasteiger partial charge in [0.25, 0.3) is 0 Å². The van der Waals surface area contributed by atoms with Crippen LogP contribution in [0.1, 0.15) is 48.2 Å². The van der Waals surface area contributed by atoms with Gasteiger partial charge in [-0.05, 0) is 92.8 Å². The number of aromatic amines is 1. The summed E-state index contributed by atoms with van der Waals surface area (Å²) in [5.41, 5.74) is 5.54. The molecule has 6 rings (SSSR count). The Morgan fingerprint density at radius 1 is 0.976 bits per heavy atom. The molecule has 0 radical (unpaired) electrons. The molecule has 4 aromatic rings. The molecule has 0 bridgehead atoms. The van der Waals surface area contributed by atoms with Gasteiger partial charge in [0.2, 0.25) is 0 Å². The monoisotopic (exact) mass is 564 g/mol. The minimum Gasteiger partial charge on any atom is -0.497 e. The predicted octanol–water partition coefficient (Wildman–Crippen LogP) is 6.70. The van der Waals surface area contributed by atoms with E-state index in [0.717, 1.165) is 41.8 Å². The van der Waals surface area contributed by atoms with E-state index in [1.165, 1.54) is 16.5 Å². The molecule has 0 spiro atoms. The van der Waals surface area contributed by atoms with Crippen molar-refractivity contribution in [1.29, 1.82) is 0 Å². The Morgan fingerprint density at radius 2 is 1.71 bits per heavy atom. The number of rotatable bonds is 8. The van der Waals surface area contributed by atoms with Crippen LogP contribution < -0.4 is 14.2 Å². The number of aromatic nitrogens is 1. The number of aliphatic imine (C=N–C) groups is 2. The molecule has 1 amide bonds. The summed E-state index contributed by atoms with van der Waals surface area (Å²) in [5, 5.41) is 1.21. The molecule has 3 unspecified atom stereocenters. The summed E-state index contributed by atoms with van der Waals surface area (Å²) >= 11 is 0. The molecule has 3 heterocycles. The molecule has 2 aliphatic heterocycles. The van der Waals surface area contributed by atoms with Crippen molar-refractivity contribution >= 4 is 29.4 Å². The number of carbonyl (C=O) groups is 1. The second kappa shape index (κ2) is 12.1. The molecule has 1 aromatic heterocycles. The Morgan fingerprint density at radius 3 is 2.48 bits per heavy atom. The Kier molecular flexibility index (Phi) is 7.95. The number of carbonyl (C=O) groups excluding carboxylic acids is 1. The minimum absolute atomic E-state index is 0.211. The van der Waals surface area contributed by atoms with E-state index in [1.54, 1.807) is 48.7 Å². The van der Waals surface area contributed by atoms with Gasteiger partial charge in [-0.15, -0.1) is 0 Å². The Labute approximate surface area is 246 Å². The van der Waals surface area contributed by atoms with Crippen molar-refractivity contribution in [3.63, 3.8) is 0 Å². The third kappa shape index (κ3) is 5.75. The summed E-state index contributed by atoms with van der Waals surface area (Å²) in [4.78, 5) is 28.0. The van der Waals surface area contributed by atoms with Gasteiger partial charge in [0.05, 0.1) is 25.8 Å². The molecule has 8 nitrogen and oxygen atoms in total. The number of nitrogens with one attached hydrogen (secondary N) is 1. The lowest BCUT2D eigenvalue weighted by atomic mass is 9.92. The lowest BCUT2D eigenvalue weighted by molar-refractivity contribution is 0.135. The molecule has 2 aliphatic rings. The Bertz CT molecular complexity index is 1610. The number of nitrogens with zero attached hydrogens (tertiary/aromatic N) is 3. The van der Waals surface area contributed by atoms with Crippen LogP contribution in [0.2, 0.25) is 0 Å². The zero-order valence-electron chi connectivity index (χ0n) is 24.2.